The number of hydrogen-bond donors (Lipinski definition) is 0. The fraction of sp³-hybridized carbons (Fsp3) is 0.400. The summed E-state index contributed by atoms with van der Waals surface area (Å²) in [7, 11) is 0. The molecule has 0 aromatic heterocycles. The van der Waals surface area contributed by atoms with E-state index in [1.807, 2.05) is 6.92 Å². The van der Waals surface area contributed by atoms with E-state index in [4.69, 9.17) is 0 Å². The minimum atomic E-state index is -0.767. The van der Waals surface area contributed by atoms with Crippen LogP contribution in [0.5, 0.6) is 0 Å². The highest BCUT2D eigenvalue weighted by Crippen LogP contribution is 2.20. The van der Waals surface area contributed by atoms with Gasteiger partial charge in [0.1, 0.15) is 11.6 Å². The van der Waals surface area contributed by atoms with Crippen LogP contribution >= 0.6 is 0 Å². The molecule has 0 radical (unpaired) electrons. The van der Waals surface area contributed by atoms with Crippen molar-refractivity contribution in [2.24, 2.45) is 0 Å². The third-order valence-corrected chi connectivity index (χ3v) is 1.89. The first-order valence-corrected chi connectivity index (χ1v) is 4.45. The Bertz CT molecular complexity index is 301. The van der Waals surface area contributed by atoms with Gasteiger partial charge in [0, 0.05) is 12.6 Å². The number of hydrogen-bond acceptors (Lipinski definition) is 1. The van der Waals surface area contributed by atoms with Gasteiger partial charge in [-0.05, 0) is 18.6 Å². The van der Waals surface area contributed by atoms with Crippen LogP contribution in [0.1, 0.15) is 13.3 Å². The van der Waals surface area contributed by atoms with E-state index in [2.05, 4.69) is 0 Å². The molecular weight excluding hydrogens is 191 g/mol. The van der Waals surface area contributed by atoms with Crippen molar-refractivity contribution in [3.05, 3.63) is 29.8 Å². The van der Waals surface area contributed by atoms with Crippen LogP contribution in [0.4, 0.5) is 18.9 Å². The van der Waals surface area contributed by atoms with Crippen molar-refractivity contribution in [2.75, 3.05) is 18.2 Å². The molecule has 0 aliphatic heterocycles. The standard InChI is InChI=1S/C10H12F3N/c1-2-5-14(7-11)10-4-3-8(12)6-9(10)13/h3-4,6H,2,5,7H2,1H3. The quantitative estimate of drug-likeness (QED) is 0.679. The molecule has 0 saturated heterocycles. The van der Waals surface area contributed by atoms with Gasteiger partial charge in [-0.3, -0.25) is 0 Å². The second-order valence-electron chi connectivity index (χ2n) is 2.98. The molecule has 1 rings (SSSR count). The third-order valence-electron chi connectivity index (χ3n) is 1.89. The van der Waals surface area contributed by atoms with Crippen LogP contribution < -0.4 is 4.90 Å². The Labute approximate surface area is 81.1 Å². The Kier molecular flexibility index (Phi) is 3.80. The molecule has 4 heteroatoms. The summed E-state index contributed by atoms with van der Waals surface area (Å²) in [4.78, 5) is 1.23. The second kappa shape index (κ2) is 4.88. The molecule has 0 atom stereocenters. The maximum absolute atomic E-state index is 13.2. The van der Waals surface area contributed by atoms with Crippen LogP contribution in [0, 0.1) is 11.6 Å². The minimum absolute atomic E-state index is 0.107. The monoisotopic (exact) mass is 203 g/mol. The van der Waals surface area contributed by atoms with Crippen LogP contribution in [0.15, 0.2) is 18.2 Å². The molecule has 0 bridgehead atoms. The molecule has 0 unspecified atom stereocenters. The summed E-state index contributed by atoms with van der Waals surface area (Å²) in [6.07, 6.45) is 0.709. The van der Waals surface area contributed by atoms with E-state index >= 15 is 0 Å². The van der Waals surface area contributed by atoms with E-state index in [0.717, 1.165) is 12.1 Å². The predicted octanol–water partition coefficient (Wildman–Crippen LogP) is 3.11. The van der Waals surface area contributed by atoms with Gasteiger partial charge in [-0.2, -0.15) is 0 Å². The maximum atomic E-state index is 13.2. The second-order valence-corrected chi connectivity index (χ2v) is 2.98. The van der Waals surface area contributed by atoms with Gasteiger partial charge in [-0.15, -0.1) is 0 Å². The lowest BCUT2D eigenvalue weighted by Gasteiger charge is -2.20. The van der Waals surface area contributed by atoms with Gasteiger partial charge >= 0.3 is 0 Å². The molecule has 0 N–H and O–H groups in total. The first-order valence-electron chi connectivity index (χ1n) is 4.45. The van der Waals surface area contributed by atoms with E-state index in [9.17, 15) is 13.2 Å². The van der Waals surface area contributed by atoms with Gasteiger partial charge in [-0.25, -0.2) is 13.2 Å². The van der Waals surface area contributed by atoms with Crippen LogP contribution in [0.2, 0.25) is 0 Å². The number of halogens is 3. The normalized spacial score (nSPS) is 10.3. The van der Waals surface area contributed by atoms with E-state index in [1.165, 1.54) is 11.0 Å². The maximum Gasteiger partial charge on any atom is 0.162 e. The summed E-state index contributed by atoms with van der Waals surface area (Å²) in [5.74, 6) is -1.38. The molecule has 14 heavy (non-hydrogen) atoms. The van der Waals surface area contributed by atoms with E-state index < -0.39 is 18.4 Å². The number of alkyl halides is 1. The van der Waals surface area contributed by atoms with E-state index in [-0.39, 0.29) is 5.69 Å². The lowest BCUT2D eigenvalue weighted by atomic mass is 10.2. The third kappa shape index (κ3) is 2.40. The molecule has 1 aromatic rings. The molecular formula is C10H12F3N. The fourth-order valence-electron chi connectivity index (χ4n) is 1.25. The molecule has 1 aromatic carbocycles. The summed E-state index contributed by atoms with van der Waals surface area (Å²) >= 11 is 0. The summed E-state index contributed by atoms with van der Waals surface area (Å²) in [5.41, 5.74) is 0.107. The SMILES string of the molecule is CCCN(CF)c1ccc(F)cc1F. The summed E-state index contributed by atoms with van der Waals surface area (Å²) in [6.45, 7) is 1.51. The van der Waals surface area contributed by atoms with Crippen molar-refractivity contribution in [1.29, 1.82) is 0 Å². The largest absolute Gasteiger partial charge is 0.342 e. The van der Waals surface area contributed by atoms with Crippen LogP contribution in [-0.4, -0.2) is 13.3 Å². The number of anilines is 1. The molecule has 0 aliphatic carbocycles. The Morgan fingerprint density at radius 1 is 1.29 bits per heavy atom. The average Bonchev–Trinajstić information content (AvgIpc) is 2.15. The van der Waals surface area contributed by atoms with Crippen molar-refractivity contribution >= 4 is 5.69 Å². The molecule has 0 heterocycles. The van der Waals surface area contributed by atoms with E-state index in [1.54, 1.807) is 0 Å². The Morgan fingerprint density at radius 3 is 2.50 bits per heavy atom. The van der Waals surface area contributed by atoms with Crippen molar-refractivity contribution in [1.82, 2.24) is 0 Å². The van der Waals surface area contributed by atoms with Gasteiger partial charge in [0.15, 0.2) is 6.80 Å². The molecule has 0 amide bonds. The van der Waals surface area contributed by atoms with Gasteiger partial charge in [0.25, 0.3) is 0 Å². The molecule has 0 spiro atoms. The number of benzene rings is 1. The van der Waals surface area contributed by atoms with Crippen LogP contribution in [0.25, 0.3) is 0 Å². The molecule has 78 valence electrons. The Morgan fingerprint density at radius 2 is 2.00 bits per heavy atom. The van der Waals surface area contributed by atoms with Gasteiger partial charge < -0.3 is 4.90 Å². The van der Waals surface area contributed by atoms with Gasteiger partial charge in [0.2, 0.25) is 0 Å². The summed E-state index contributed by atoms with van der Waals surface area (Å²) in [6, 6.07) is 3.13. The van der Waals surface area contributed by atoms with Crippen molar-refractivity contribution in [3.63, 3.8) is 0 Å². The zero-order chi connectivity index (χ0) is 10.6. The van der Waals surface area contributed by atoms with Crippen LogP contribution in [-0.2, 0) is 0 Å². The average molecular weight is 203 g/mol. The number of rotatable bonds is 4. The van der Waals surface area contributed by atoms with Crippen molar-refractivity contribution in [2.45, 2.75) is 13.3 Å². The van der Waals surface area contributed by atoms with E-state index in [0.29, 0.717) is 13.0 Å². The molecule has 0 aliphatic rings. The van der Waals surface area contributed by atoms with Gasteiger partial charge in [-0.1, -0.05) is 6.92 Å². The highest BCUT2D eigenvalue weighted by molar-refractivity contribution is 5.47. The lowest BCUT2D eigenvalue weighted by Crippen LogP contribution is -2.23. The summed E-state index contributed by atoms with van der Waals surface area (Å²) < 4.78 is 38.2. The van der Waals surface area contributed by atoms with Crippen molar-refractivity contribution < 1.29 is 13.2 Å². The highest BCUT2D eigenvalue weighted by atomic mass is 19.1. The smallest absolute Gasteiger partial charge is 0.162 e. The Hall–Kier alpha value is -1.19. The Balaban J connectivity index is 2.92. The topological polar surface area (TPSA) is 3.24 Å². The fourth-order valence-corrected chi connectivity index (χ4v) is 1.25. The lowest BCUT2D eigenvalue weighted by molar-refractivity contribution is 0.465. The molecule has 0 fully saturated rings. The van der Waals surface area contributed by atoms with Crippen LogP contribution in [0.3, 0.4) is 0 Å². The zero-order valence-corrected chi connectivity index (χ0v) is 7.93. The molecule has 0 saturated carbocycles. The highest BCUT2D eigenvalue weighted by Gasteiger charge is 2.10. The number of nitrogens with zero attached hydrogens (tertiary/aromatic N) is 1. The van der Waals surface area contributed by atoms with Crippen molar-refractivity contribution in [3.8, 4) is 0 Å². The first kappa shape index (κ1) is 10.9. The molecule has 1 nitrogen and oxygen atoms in total. The predicted molar refractivity (Wildman–Crippen MR) is 50.0 cm³/mol. The minimum Gasteiger partial charge on any atom is -0.342 e. The van der Waals surface area contributed by atoms with Gasteiger partial charge in [0.05, 0.1) is 5.69 Å². The zero-order valence-electron chi connectivity index (χ0n) is 7.93. The summed E-state index contributed by atoms with van der Waals surface area (Å²) in [5, 5.41) is 0. The first-order chi connectivity index (χ1) is 6.69.